The molecule has 0 spiro atoms. The van der Waals surface area contributed by atoms with Gasteiger partial charge in [0.05, 0.1) is 5.56 Å². The number of fused-ring (bicyclic) bond motifs is 1. The van der Waals surface area contributed by atoms with Crippen LogP contribution in [0.25, 0.3) is 0 Å². The summed E-state index contributed by atoms with van der Waals surface area (Å²) in [5.74, 6) is -0.243. The Morgan fingerprint density at radius 2 is 2.10 bits per heavy atom. The van der Waals surface area contributed by atoms with Crippen LogP contribution in [0.15, 0.2) is 18.2 Å². The summed E-state index contributed by atoms with van der Waals surface area (Å²) in [5, 5.41) is 9.66. The minimum atomic E-state index is -0.547. The van der Waals surface area contributed by atoms with Crippen LogP contribution in [0, 0.1) is 17.7 Å². The number of rotatable bonds is 1. The van der Waals surface area contributed by atoms with E-state index in [1.54, 1.807) is 4.90 Å². The first-order valence-corrected chi connectivity index (χ1v) is 6.59. The number of aromatic hydroxyl groups is 1. The maximum atomic E-state index is 12.9. The minimum absolute atomic E-state index is 0. The van der Waals surface area contributed by atoms with Gasteiger partial charge in [-0.3, -0.25) is 4.79 Å². The van der Waals surface area contributed by atoms with Gasteiger partial charge in [-0.15, -0.1) is 12.4 Å². The van der Waals surface area contributed by atoms with E-state index in [1.165, 1.54) is 12.1 Å². The molecule has 110 valence electrons. The van der Waals surface area contributed by atoms with Crippen molar-refractivity contribution in [1.82, 2.24) is 4.90 Å². The highest BCUT2D eigenvalue weighted by molar-refractivity contribution is 5.97. The predicted molar refractivity (Wildman–Crippen MR) is 75.4 cm³/mol. The maximum absolute atomic E-state index is 12.9. The molecule has 20 heavy (non-hydrogen) atoms. The number of carbonyl (C=O) groups is 1. The van der Waals surface area contributed by atoms with Gasteiger partial charge in [-0.1, -0.05) is 0 Å². The summed E-state index contributed by atoms with van der Waals surface area (Å²) in [7, 11) is 0. The molecule has 3 rings (SSSR count). The average molecular weight is 301 g/mol. The number of amides is 1. The topological polar surface area (TPSA) is 66.6 Å². The van der Waals surface area contributed by atoms with Crippen LogP contribution in [-0.4, -0.2) is 35.0 Å². The first kappa shape index (κ1) is 15.1. The van der Waals surface area contributed by atoms with Gasteiger partial charge in [0.2, 0.25) is 0 Å². The molecular formula is C14H18ClFN2O2. The summed E-state index contributed by atoms with van der Waals surface area (Å²) >= 11 is 0. The lowest BCUT2D eigenvalue weighted by Gasteiger charge is -2.19. The fourth-order valence-corrected chi connectivity index (χ4v) is 3.33. The molecule has 6 heteroatoms. The van der Waals surface area contributed by atoms with Crippen molar-refractivity contribution >= 4 is 18.3 Å². The van der Waals surface area contributed by atoms with Gasteiger partial charge in [-0.05, 0) is 36.8 Å². The van der Waals surface area contributed by atoms with Crippen LogP contribution in [0.4, 0.5) is 4.39 Å². The second-order valence-electron chi connectivity index (χ2n) is 5.54. The molecule has 1 aromatic rings. The molecule has 2 fully saturated rings. The van der Waals surface area contributed by atoms with Crippen molar-refractivity contribution in [2.75, 3.05) is 13.1 Å². The first-order valence-electron chi connectivity index (χ1n) is 6.59. The number of phenols is 1. The third-order valence-electron chi connectivity index (χ3n) is 4.39. The summed E-state index contributed by atoms with van der Waals surface area (Å²) in [6.45, 7) is 1.33. The van der Waals surface area contributed by atoms with Crippen molar-refractivity contribution in [2.45, 2.75) is 18.9 Å². The van der Waals surface area contributed by atoms with Crippen LogP contribution in [-0.2, 0) is 0 Å². The molecule has 4 nitrogen and oxygen atoms in total. The zero-order valence-electron chi connectivity index (χ0n) is 11.0. The molecule has 3 atom stereocenters. The Morgan fingerprint density at radius 3 is 2.75 bits per heavy atom. The summed E-state index contributed by atoms with van der Waals surface area (Å²) in [6.07, 6.45) is 2.09. The number of hydrogen-bond donors (Lipinski definition) is 2. The van der Waals surface area contributed by atoms with Crippen molar-refractivity contribution in [3.8, 4) is 5.75 Å². The highest BCUT2D eigenvalue weighted by Crippen LogP contribution is 2.38. The quantitative estimate of drug-likeness (QED) is 0.830. The van der Waals surface area contributed by atoms with Crippen LogP contribution < -0.4 is 5.73 Å². The second kappa shape index (κ2) is 5.58. The van der Waals surface area contributed by atoms with Crippen LogP contribution in [0.3, 0.4) is 0 Å². The molecule has 0 bridgehead atoms. The number of nitrogens with two attached hydrogens (primary N) is 1. The van der Waals surface area contributed by atoms with Crippen molar-refractivity contribution in [3.63, 3.8) is 0 Å². The van der Waals surface area contributed by atoms with Crippen LogP contribution in [0.1, 0.15) is 23.2 Å². The van der Waals surface area contributed by atoms with Gasteiger partial charge in [0.1, 0.15) is 11.6 Å². The fourth-order valence-electron chi connectivity index (χ4n) is 3.33. The van der Waals surface area contributed by atoms with Crippen LogP contribution in [0.2, 0.25) is 0 Å². The number of hydrogen-bond acceptors (Lipinski definition) is 3. The average Bonchev–Trinajstić information content (AvgIpc) is 2.91. The van der Waals surface area contributed by atoms with Gasteiger partial charge in [0.25, 0.3) is 5.91 Å². The molecule has 2 aliphatic rings. The molecule has 1 heterocycles. The third kappa shape index (κ3) is 2.47. The van der Waals surface area contributed by atoms with Gasteiger partial charge < -0.3 is 15.7 Å². The van der Waals surface area contributed by atoms with Crippen molar-refractivity contribution in [3.05, 3.63) is 29.6 Å². The van der Waals surface area contributed by atoms with Gasteiger partial charge >= 0.3 is 0 Å². The van der Waals surface area contributed by atoms with Gasteiger partial charge in [-0.25, -0.2) is 4.39 Å². The minimum Gasteiger partial charge on any atom is -0.507 e. The summed E-state index contributed by atoms with van der Waals surface area (Å²) in [6, 6.07) is 3.66. The largest absolute Gasteiger partial charge is 0.507 e. The van der Waals surface area contributed by atoms with E-state index in [0.717, 1.165) is 18.9 Å². The van der Waals surface area contributed by atoms with E-state index in [9.17, 15) is 14.3 Å². The Labute approximate surface area is 123 Å². The first-order chi connectivity index (χ1) is 9.06. The smallest absolute Gasteiger partial charge is 0.257 e. The number of likely N-dealkylation sites (tertiary alicyclic amines) is 1. The maximum Gasteiger partial charge on any atom is 0.257 e. The van der Waals surface area contributed by atoms with Gasteiger partial charge in [0.15, 0.2) is 0 Å². The van der Waals surface area contributed by atoms with Crippen LogP contribution in [0.5, 0.6) is 5.75 Å². The van der Waals surface area contributed by atoms with Gasteiger partial charge in [-0.2, -0.15) is 0 Å². The monoisotopic (exact) mass is 300 g/mol. The predicted octanol–water partition coefficient (Wildman–Crippen LogP) is 1.76. The molecule has 3 unspecified atom stereocenters. The van der Waals surface area contributed by atoms with E-state index in [4.69, 9.17) is 5.73 Å². The van der Waals surface area contributed by atoms with E-state index in [0.29, 0.717) is 24.9 Å². The zero-order chi connectivity index (χ0) is 13.6. The summed E-state index contributed by atoms with van der Waals surface area (Å²) in [4.78, 5) is 14.0. The zero-order valence-corrected chi connectivity index (χ0v) is 11.8. The van der Waals surface area contributed by atoms with E-state index in [-0.39, 0.29) is 35.7 Å². The highest BCUT2D eigenvalue weighted by Gasteiger charge is 2.42. The molecule has 3 N–H and O–H groups in total. The van der Waals surface area contributed by atoms with Crippen molar-refractivity contribution in [2.24, 2.45) is 17.6 Å². The van der Waals surface area contributed by atoms with Crippen LogP contribution >= 0.6 is 12.4 Å². The number of nitrogens with zero attached hydrogens (tertiary/aromatic N) is 1. The molecule has 1 saturated heterocycles. The Kier molecular flexibility index (Phi) is 4.20. The summed E-state index contributed by atoms with van der Waals surface area (Å²) in [5.41, 5.74) is 6.20. The van der Waals surface area contributed by atoms with Crippen molar-refractivity contribution in [1.29, 1.82) is 0 Å². The fraction of sp³-hybridized carbons (Fsp3) is 0.500. The van der Waals surface area contributed by atoms with Gasteiger partial charge in [0, 0.05) is 25.2 Å². The van der Waals surface area contributed by atoms with E-state index in [1.807, 2.05) is 0 Å². The molecule has 0 radical (unpaired) electrons. The highest BCUT2D eigenvalue weighted by atomic mass is 35.5. The number of carbonyl (C=O) groups excluding carboxylic acids is 1. The molecular weight excluding hydrogens is 283 g/mol. The summed E-state index contributed by atoms with van der Waals surface area (Å²) < 4.78 is 12.9. The number of phenolic OH excluding ortho intramolecular Hbond substituents is 1. The molecule has 1 aliphatic heterocycles. The lowest BCUT2D eigenvalue weighted by molar-refractivity contribution is 0.0776. The standard InChI is InChI=1S/C14H17FN2O2.ClH/c15-9-2-3-10(13(18)5-9)14(19)17-6-8-1-4-12(16)11(8)7-17;/h2-3,5,8,11-12,18H,1,4,6-7,16H2;1H. The normalized spacial score (nSPS) is 28.1. The molecule has 1 aliphatic carbocycles. The Bertz CT molecular complexity index is 526. The van der Waals surface area contributed by atoms with E-state index in [2.05, 4.69) is 0 Å². The Hall–Kier alpha value is -1.33. The lowest BCUT2D eigenvalue weighted by Crippen LogP contribution is -2.33. The van der Waals surface area contributed by atoms with Crippen molar-refractivity contribution < 1.29 is 14.3 Å². The van der Waals surface area contributed by atoms with E-state index < -0.39 is 5.82 Å². The number of benzene rings is 1. The Morgan fingerprint density at radius 1 is 1.35 bits per heavy atom. The lowest BCUT2D eigenvalue weighted by atomic mass is 9.98. The van der Waals surface area contributed by atoms with E-state index >= 15 is 0 Å². The number of halogens is 2. The molecule has 0 aromatic heterocycles. The molecule has 1 amide bonds. The second-order valence-corrected chi connectivity index (χ2v) is 5.54. The molecule has 1 saturated carbocycles. The molecule has 1 aromatic carbocycles. The SMILES string of the molecule is Cl.NC1CCC2CN(C(=O)c3ccc(F)cc3O)CC12. The third-order valence-corrected chi connectivity index (χ3v) is 4.39. The Balaban J connectivity index is 0.00000147.